The Morgan fingerprint density at radius 1 is 1.10 bits per heavy atom. The Labute approximate surface area is 175 Å². The first-order valence-electron chi connectivity index (χ1n) is 10.4. The summed E-state index contributed by atoms with van der Waals surface area (Å²) in [5.41, 5.74) is 2.55. The van der Waals surface area contributed by atoms with Crippen LogP contribution in [0, 0.1) is 5.82 Å². The lowest BCUT2D eigenvalue weighted by Gasteiger charge is -2.43. The fourth-order valence-electron chi connectivity index (χ4n) is 4.75. The van der Waals surface area contributed by atoms with Crippen LogP contribution >= 0.6 is 0 Å². The number of nitrogens with zero attached hydrogens (tertiary/aromatic N) is 3. The molecule has 0 aliphatic carbocycles. The first kappa shape index (κ1) is 19.1. The number of halogens is 1. The van der Waals surface area contributed by atoms with Crippen LogP contribution < -0.4 is 10.2 Å². The number of oxime groups is 1. The summed E-state index contributed by atoms with van der Waals surface area (Å²) in [5, 5.41) is 7.31. The van der Waals surface area contributed by atoms with Crippen LogP contribution in [0.15, 0.2) is 59.8 Å². The zero-order valence-corrected chi connectivity index (χ0v) is 16.8. The van der Waals surface area contributed by atoms with Crippen molar-refractivity contribution >= 4 is 17.3 Å². The predicted octanol–water partition coefficient (Wildman–Crippen LogP) is 3.07. The van der Waals surface area contributed by atoms with Crippen molar-refractivity contribution in [2.45, 2.75) is 30.9 Å². The highest BCUT2D eigenvalue weighted by molar-refractivity contribution is 5.93. The average Bonchev–Trinajstić information content (AvgIpc) is 3.36. The van der Waals surface area contributed by atoms with E-state index in [4.69, 9.17) is 4.84 Å². The van der Waals surface area contributed by atoms with Gasteiger partial charge in [0.25, 0.3) is 0 Å². The number of carbonyl (C=O) groups excluding carboxylic acids is 1. The Balaban J connectivity index is 1.20. The topological polar surface area (TPSA) is 57.2 Å². The number of anilines is 1. The molecule has 6 nitrogen and oxygen atoms in total. The molecule has 0 radical (unpaired) electrons. The molecule has 30 heavy (non-hydrogen) atoms. The molecule has 2 saturated heterocycles. The average molecular weight is 408 g/mol. The Morgan fingerprint density at radius 2 is 1.83 bits per heavy atom. The lowest BCUT2D eigenvalue weighted by Crippen LogP contribution is -2.56. The summed E-state index contributed by atoms with van der Waals surface area (Å²) in [5.74, 6) is -0.121. The van der Waals surface area contributed by atoms with Gasteiger partial charge in [0.05, 0.1) is 12.4 Å². The standard InChI is InChI=1S/C23H25FN4O2/c24-18-8-6-17(7-9-18)21-14-19(26-30-21)15-27-12-10-23(11-13-27)22(29)25-16-28(23)20-4-2-1-3-5-20/h1-9,21H,10-16H2,(H,25,29). The molecule has 7 heteroatoms. The third-order valence-electron chi connectivity index (χ3n) is 6.47. The Bertz CT molecular complexity index is 939. The van der Waals surface area contributed by atoms with Crippen LogP contribution in [-0.4, -0.2) is 48.4 Å². The second kappa shape index (κ2) is 7.72. The summed E-state index contributed by atoms with van der Waals surface area (Å²) in [7, 11) is 0. The van der Waals surface area contributed by atoms with Gasteiger partial charge in [-0.1, -0.05) is 35.5 Å². The maximum atomic E-state index is 13.1. The van der Waals surface area contributed by atoms with Crippen molar-refractivity contribution in [1.82, 2.24) is 10.2 Å². The molecule has 3 aliphatic rings. The van der Waals surface area contributed by atoms with Crippen molar-refractivity contribution in [3.05, 3.63) is 66.0 Å². The van der Waals surface area contributed by atoms with Crippen molar-refractivity contribution in [3.8, 4) is 0 Å². The van der Waals surface area contributed by atoms with Gasteiger partial charge in [-0.3, -0.25) is 9.69 Å². The Morgan fingerprint density at radius 3 is 2.57 bits per heavy atom. The van der Waals surface area contributed by atoms with Gasteiger partial charge >= 0.3 is 0 Å². The number of rotatable bonds is 4. The lowest BCUT2D eigenvalue weighted by atomic mass is 9.85. The molecule has 3 aliphatic heterocycles. The van der Waals surface area contributed by atoms with Crippen LogP contribution in [0.5, 0.6) is 0 Å². The van der Waals surface area contributed by atoms with E-state index >= 15 is 0 Å². The minimum atomic E-state index is -0.470. The molecule has 0 saturated carbocycles. The molecule has 0 aromatic heterocycles. The van der Waals surface area contributed by atoms with Crippen LogP contribution in [0.25, 0.3) is 0 Å². The summed E-state index contributed by atoms with van der Waals surface area (Å²) >= 11 is 0. The first-order valence-corrected chi connectivity index (χ1v) is 10.4. The highest BCUT2D eigenvalue weighted by atomic mass is 19.1. The second-order valence-electron chi connectivity index (χ2n) is 8.24. The summed E-state index contributed by atoms with van der Waals surface area (Å²) in [6, 6.07) is 16.5. The minimum absolute atomic E-state index is 0.129. The lowest BCUT2D eigenvalue weighted by molar-refractivity contribution is -0.125. The van der Waals surface area contributed by atoms with Crippen LogP contribution in [0.1, 0.15) is 30.9 Å². The van der Waals surface area contributed by atoms with E-state index < -0.39 is 5.54 Å². The number of hydrogen-bond donors (Lipinski definition) is 1. The summed E-state index contributed by atoms with van der Waals surface area (Å²) < 4.78 is 13.1. The van der Waals surface area contributed by atoms with Crippen LogP contribution in [0.4, 0.5) is 10.1 Å². The van der Waals surface area contributed by atoms with Crippen LogP contribution in [0.2, 0.25) is 0 Å². The van der Waals surface area contributed by atoms with Gasteiger partial charge in [0.2, 0.25) is 5.91 Å². The normalized spacial score (nSPS) is 23.4. The number of piperidine rings is 1. The number of carbonyl (C=O) groups is 1. The molecule has 2 aromatic rings. The van der Waals surface area contributed by atoms with Crippen molar-refractivity contribution in [2.75, 3.05) is 31.2 Å². The first-order chi connectivity index (χ1) is 14.6. The highest BCUT2D eigenvalue weighted by Gasteiger charge is 2.50. The van der Waals surface area contributed by atoms with Crippen LogP contribution in [-0.2, 0) is 9.63 Å². The molecule has 0 bridgehead atoms. The fourth-order valence-corrected chi connectivity index (χ4v) is 4.75. The maximum absolute atomic E-state index is 13.1. The molecule has 1 amide bonds. The summed E-state index contributed by atoms with van der Waals surface area (Å²) in [6.45, 7) is 2.96. The Hall–Kier alpha value is -2.93. The summed E-state index contributed by atoms with van der Waals surface area (Å²) in [6.07, 6.45) is 2.13. The van der Waals surface area contributed by atoms with E-state index in [2.05, 4.69) is 32.4 Å². The van der Waals surface area contributed by atoms with E-state index in [1.165, 1.54) is 12.1 Å². The third-order valence-corrected chi connectivity index (χ3v) is 6.47. The van der Waals surface area contributed by atoms with E-state index in [0.29, 0.717) is 13.1 Å². The van der Waals surface area contributed by atoms with Gasteiger partial charge < -0.3 is 15.1 Å². The highest BCUT2D eigenvalue weighted by Crippen LogP contribution is 2.36. The third kappa shape index (κ3) is 3.43. The van der Waals surface area contributed by atoms with Gasteiger partial charge in [0.1, 0.15) is 11.4 Å². The van der Waals surface area contributed by atoms with E-state index in [1.54, 1.807) is 12.1 Å². The number of benzene rings is 2. The summed E-state index contributed by atoms with van der Waals surface area (Å²) in [4.78, 5) is 22.9. The molecule has 5 rings (SSSR count). The smallest absolute Gasteiger partial charge is 0.247 e. The zero-order chi connectivity index (χ0) is 20.6. The molecule has 3 heterocycles. The number of hydrogen-bond acceptors (Lipinski definition) is 5. The molecule has 1 spiro atoms. The fraction of sp³-hybridized carbons (Fsp3) is 0.391. The van der Waals surface area contributed by atoms with E-state index in [-0.39, 0.29) is 17.8 Å². The molecular weight excluding hydrogens is 383 g/mol. The number of nitrogens with one attached hydrogen (secondary N) is 1. The van der Waals surface area contributed by atoms with Gasteiger partial charge in [0.15, 0.2) is 6.10 Å². The largest absolute Gasteiger partial charge is 0.387 e. The zero-order valence-electron chi connectivity index (χ0n) is 16.8. The van der Waals surface area contributed by atoms with E-state index in [1.807, 2.05) is 18.2 Å². The SMILES string of the molecule is O=C1NCN(c2ccccc2)C12CCN(CC1=NOC(c3ccc(F)cc3)C1)CC2. The van der Waals surface area contributed by atoms with Crippen molar-refractivity contribution in [2.24, 2.45) is 5.16 Å². The van der Waals surface area contributed by atoms with Gasteiger partial charge in [-0.15, -0.1) is 0 Å². The number of likely N-dealkylation sites (tertiary alicyclic amines) is 1. The van der Waals surface area contributed by atoms with Gasteiger partial charge in [0, 0.05) is 31.7 Å². The van der Waals surface area contributed by atoms with E-state index in [0.717, 1.165) is 49.4 Å². The van der Waals surface area contributed by atoms with Gasteiger partial charge in [-0.05, 0) is 42.7 Å². The maximum Gasteiger partial charge on any atom is 0.247 e. The van der Waals surface area contributed by atoms with E-state index in [9.17, 15) is 9.18 Å². The molecule has 2 aromatic carbocycles. The molecule has 1 N–H and O–H groups in total. The molecule has 2 fully saturated rings. The van der Waals surface area contributed by atoms with Gasteiger partial charge in [-0.25, -0.2) is 4.39 Å². The molecule has 1 atom stereocenters. The second-order valence-corrected chi connectivity index (χ2v) is 8.24. The number of amides is 1. The molecule has 1 unspecified atom stereocenters. The van der Waals surface area contributed by atoms with Crippen LogP contribution in [0.3, 0.4) is 0 Å². The van der Waals surface area contributed by atoms with Crippen molar-refractivity contribution in [1.29, 1.82) is 0 Å². The minimum Gasteiger partial charge on any atom is -0.387 e. The number of para-hydroxylation sites is 1. The van der Waals surface area contributed by atoms with Crippen molar-refractivity contribution < 1.29 is 14.0 Å². The van der Waals surface area contributed by atoms with Crippen molar-refractivity contribution in [3.63, 3.8) is 0 Å². The van der Waals surface area contributed by atoms with Gasteiger partial charge in [-0.2, -0.15) is 0 Å². The monoisotopic (exact) mass is 408 g/mol. The Kier molecular flexibility index (Phi) is 4.90. The molecule has 156 valence electrons. The molecular formula is C23H25FN4O2. The predicted molar refractivity (Wildman–Crippen MR) is 113 cm³/mol. The quantitative estimate of drug-likeness (QED) is 0.845.